The molecular weight excluding hydrogens is 322 g/mol. The van der Waals surface area contributed by atoms with Crippen LogP contribution in [0.1, 0.15) is 23.3 Å². The molecule has 3 aromatic rings. The largest absolute Gasteiger partial charge is 0.329 e. The fourth-order valence-electron chi connectivity index (χ4n) is 2.82. The van der Waals surface area contributed by atoms with Gasteiger partial charge >= 0.3 is 5.69 Å². The molecule has 6 heteroatoms. The monoisotopic (exact) mass is 339 g/mol. The number of rotatable bonds is 4. The number of fused-ring (bicyclic) bond motifs is 1. The number of hydrogen-bond acceptors (Lipinski definition) is 4. The van der Waals surface area contributed by atoms with E-state index in [0.29, 0.717) is 23.1 Å². The van der Waals surface area contributed by atoms with E-state index in [9.17, 15) is 9.59 Å². The van der Waals surface area contributed by atoms with Crippen LogP contribution in [0.4, 0.5) is 0 Å². The van der Waals surface area contributed by atoms with Gasteiger partial charge < -0.3 is 0 Å². The van der Waals surface area contributed by atoms with Crippen LogP contribution in [-0.4, -0.2) is 9.55 Å². The van der Waals surface area contributed by atoms with Gasteiger partial charge in [0.05, 0.1) is 11.5 Å². The van der Waals surface area contributed by atoms with Crippen molar-refractivity contribution < 1.29 is 0 Å². The Labute approximate surface area is 142 Å². The molecule has 5 nitrogen and oxygen atoms in total. The van der Waals surface area contributed by atoms with Crippen LogP contribution in [-0.2, 0) is 6.54 Å². The zero-order valence-corrected chi connectivity index (χ0v) is 14.4. The minimum Gasteiger partial charge on any atom is -0.298 e. The van der Waals surface area contributed by atoms with Crippen LogP contribution >= 0.6 is 11.3 Å². The Morgan fingerprint density at radius 3 is 2.58 bits per heavy atom. The maximum Gasteiger partial charge on any atom is 0.329 e. The van der Waals surface area contributed by atoms with Crippen LogP contribution in [0.5, 0.6) is 0 Å². The van der Waals surface area contributed by atoms with Gasteiger partial charge in [0.15, 0.2) is 0 Å². The quantitative estimate of drug-likeness (QED) is 0.740. The molecule has 0 aliphatic carbocycles. The predicted octanol–water partition coefficient (Wildman–Crippen LogP) is 3.34. The first-order chi connectivity index (χ1) is 11.5. The van der Waals surface area contributed by atoms with Gasteiger partial charge in [-0.3, -0.25) is 14.3 Å². The van der Waals surface area contributed by atoms with Crippen LogP contribution < -0.4 is 11.2 Å². The number of aromatic nitrogens is 2. The van der Waals surface area contributed by atoms with Crippen molar-refractivity contribution in [2.24, 2.45) is 0 Å². The summed E-state index contributed by atoms with van der Waals surface area (Å²) < 4.78 is 1.20. The molecule has 0 amide bonds. The van der Waals surface area contributed by atoms with Crippen molar-refractivity contribution >= 4 is 21.6 Å². The Morgan fingerprint density at radius 2 is 1.92 bits per heavy atom. The smallest absolute Gasteiger partial charge is 0.298 e. The first-order valence-electron chi connectivity index (χ1n) is 7.73. The lowest BCUT2D eigenvalue weighted by molar-refractivity contribution is 0.605. The highest BCUT2D eigenvalue weighted by Gasteiger charge is 2.17. The van der Waals surface area contributed by atoms with E-state index in [2.05, 4.69) is 4.98 Å². The summed E-state index contributed by atoms with van der Waals surface area (Å²) in [6.45, 7) is 4.22. The molecular formula is C18H17N3O2S. The van der Waals surface area contributed by atoms with Crippen molar-refractivity contribution in [1.29, 1.82) is 5.26 Å². The second-order valence-electron chi connectivity index (χ2n) is 5.75. The molecule has 0 spiro atoms. The zero-order valence-electron chi connectivity index (χ0n) is 13.5. The van der Waals surface area contributed by atoms with Crippen LogP contribution in [0.25, 0.3) is 21.3 Å². The molecule has 1 N–H and O–H groups in total. The number of thiophene rings is 1. The second-order valence-corrected chi connectivity index (χ2v) is 6.98. The van der Waals surface area contributed by atoms with Crippen molar-refractivity contribution in [2.45, 2.75) is 33.2 Å². The minimum atomic E-state index is -0.415. The Balaban J connectivity index is 2.24. The van der Waals surface area contributed by atoms with Gasteiger partial charge in [-0.2, -0.15) is 5.26 Å². The summed E-state index contributed by atoms with van der Waals surface area (Å²) in [5.74, 6) is 0. The molecule has 24 heavy (non-hydrogen) atoms. The van der Waals surface area contributed by atoms with E-state index in [1.165, 1.54) is 15.9 Å². The fourth-order valence-corrected chi connectivity index (χ4v) is 3.87. The first kappa shape index (κ1) is 16.2. The molecule has 0 aliphatic heterocycles. The topological polar surface area (TPSA) is 78.7 Å². The van der Waals surface area contributed by atoms with Crippen LogP contribution in [0.2, 0.25) is 0 Å². The van der Waals surface area contributed by atoms with E-state index in [1.807, 2.05) is 44.2 Å². The maximum absolute atomic E-state index is 12.9. The molecule has 0 fully saturated rings. The summed E-state index contributed by atoms with van der Waals surface area (Å²) >= 11 is 1.42. The van der Waals surface area contributed by atoms with Gasteiger partial charge in [-0.05, 0) is 25.8 Å². The highest BCUT2D eigenvalue weighted by atomic mass is 32.1. The van der Waals surface area contributed by atoms with Crippen molar-refractivity contribution in [3.05, 3.63) is 55.5 Å². The summed E-state index contributed by atoms with van der Waals surface area (Å²) in [4.78, 5) is 29.5. The third kappa shape index (κ3) is 2.79. The lowest BCUT2D eigenvalue weighted by Gasteiger charge is -2.05. The van der Waals surface area contributed by atoms with Crippen LogP contribution in [0.3, 0.4) is 0 Å². The normalized spacial score (nSPS) is 10.9. The van der Waals surface area contributed by atoms with Gasteiger partial charge in [0.1, 0.15) is 4.83 Å². The number of H-pyrrole nitrogens is 1. The zero-order chi connectivity index (χ0) is 17.3. The predicted molar refractivity (Wildman–Crippen MR) is 96.5 cm³/mol. The number of benzene rings is 1. The third-order valence-corrected chi connectivity index (χ3v) is 5.04. The molecule has 0 bridgehead atoms. The van der Waals surface area contributed by atoms with Gasteiger partial charge in [0.2, 0.25) is 0 Å². The molecule has 122 valence electrons. The van der Waals surface area contributed by atoms with E-state index in [-0.39, 0.29) is 12.1 Å². The molecule has 1 aromatic carbocycles. The lowest BCUT2D eigenvalue weighted by Crippen LogP contribution is -2.34. The lowest BCUT2D eigenvalue weighted by atomic mass is 10.0. The highest BCUT2D eigenvalue weighted by Crippen LogP contribution is 2.35. The molecule has 2 heterocycles. The van der Waals surface area contributed by atoms with Gasteiger partial charge in [-0.15, -0.1) is 11.3 Å². The molecule has 0 atom stereocenters. The summed E-state index contributed by atoms with van der Waals surface area (Å²) in [7, 11) is 0. The Bertz CT molecular complexity index is 1050. The Kier molecular flexibility index (Phi) is 4.36. The van der Waals surface area contributed by atoms with E-state index in [1.54, 1.807) is 0 Å². The third-order valence-electron chi connectivity index (χ3n) is 4.02. The van der Waals surface area contributed by atoms with Crippen molar-refractivity contribution in [2.75, 3.05) is 0 Å². The standard InChI is InChI=1S/C18H17N3O2S/c1-11-5-7-13(8-6-11)14-12(2)24-16-15(14)17(22)21(18(23)20-16)10-4-3-9-19/h5-8H,3-4,10H2,1-2H3,(H,20,23). The number of nitrogens with zero attached hydrogens (tertiary/aromatic N) is 2. The Morgan fingerprint density at radius 1 is 1.21 bits per heavy atom. The van der Waals surface area contributed by atoms with E-state index >= 15 is 0 Å². The van der Waals surface area contributed by atoms with Gasteiger partial charge in [0.25, 0.3) is 5.56 Å². The highest BCUT2D eigenvalue weighted by molar-refractivity contribution is 7.19. The molecule has 0 saturated heterocycles. The van der Waals surface area contributed by atoms with Crippen molar-refractivity contribution in [3.63, 3.8) is 0 Å². The van der Waals surface area contributed by atoms with E-state index in [4.69, 9.17) is 5.26 Å². The number of nitriles is 1. The van der Waals surface area contributed by atoms with Crippen molar-refractivity contribution in [1.82, 2.24) is 9.55 Å². The van der Waals surface area contributed by atoms with Crippen LogP contribution in [0.15, 0.2) is 33.9 Å². The molecule has 0 radical (unpaired) electrons. The first-order valence-corrected chi connectivity index (χ1v) is 8.54. The number of aromatic amines is 1. The molecule has 2 aromatic heterocycles. The summed E-state index contributed by atoms with van der Waals surface area (Å²) in [6, 6.07) is 10.0. The summed E-state index contributed by atoms with van der Waals surface area (Å²) in [5.41, 5.74) is 2.30. The average Bonchev–Trinajstić information content (AvgIpc) is 2.87. The van der Waals surface area contributed by atoms with Gasteiger partial charge in [-0.25, -0.2) is 4.79 Å². The van der Waals surface area contributed by atoms with Gasteiger partial charge in [0, 0.05) is 23.4 Å². The minimum absolute atomic E-state index is 0.250. The van der Waals surface area contributed by atoms with Gasteiger partial charge in [-0.1, -0.05) is 29.8 Å². The second kappa shape index (κ2) is 6.46. The van der Waals surface area contributed by atoms with Crippen LogP contribution in [0, 0.1) is 25.2 Å². The maximum atomic E-state index is 12.9. The van der Waals surface area contributed by atoms with E-state index in [0.717, 1.165) is 21.6 Å². The number of aryl methyl sites for hydroxylation is 2. The fraction of sp³-hybridized carbons (Fsp3) is 0.278. The van der Waals surface area contributed by atoms with Crippen molar-refractivity contribution in [3.8, 4) is 17.2 Å². The summed E-state index contributed by atoms with van der Waals surface area (Å²) in [5, 5.41) is 9.21. The SMILES string of the molecule is Cc1ccc(-c2c(C)sc3[nH]c(=O)n(CCCC#N)c(=O)c23)cc1. The molecule has 3 rings (SSSR count). The summed E-state index contributed by atoms with van der Waals surface area (Å²) in [6.07, 6.45) is 0.797. The average molecular weight is 339 g/mol. The molecule has 0 aliphatic rings. The Hall–Kier alpha value is -2.65. The molecule has 0 saturated carbocycles. The number of nitrogens with one attached hydrogen (secondary N) is 1. The van der Waals surface area contributed by atoms with E-state index < -0.39 is 5.69 Å². The number of unbranched alkanes of at least 4 members (excludes halogenated alkanes) is 1. The molecule has 0 unspecified atom stereocenters. The number of hydrogen-bond donors (Lipinski definition) is 1.